The fourth-order valence-corrected chi connectivity index (χ4v) is 2.56. The number of carbonyl (C=O) groups excluding carboxylic acids is 1. The van der Waals surface area contributed by atoms with E-state index in [9.17, 15) is 4.79 Å². The highest BCUT2D eigenvalue weighted by molar-refractivity contribution is 5.92. The molecule has 3 rings (SSSR count). The van der Waals surface area contributed by atoms with E-state index in [2.05, 4.69) is 35.2 Å². The van der Waals surface area contributed by atoms with Crippen LogP contribution in [-0.4, -0.2) is 23.9 Å². The van der Waals surface area contributed by atoms with Gasteiger partial charge in [0.25, 0.3) is 0 Å². The highest BCUT2D eigenvalue weighted by Gasteiger charge is 2.09. The molecule has 0 unspecified atom stereocenters. The average molecular weight is 296 g/mol. The van der Waals surface area contributed by atoms with Gasteiger partial charge in [-0.25, -0.2) is 0 Å². The molecular weight excluding hydrogens is 272 g/mol. The van der Waals surface area contributed by atoms with Crippen molar-refractivity contribution in [3.8, 4) is 0 Å². The second-order valence-corrected chi connectivity index (χ2v) is 5.55. The van der Waals surface area contributed by atoms with Gasteiger partial charge in [-0.3, -0.25) is 9.69 Å². The first-order valence-electron chi connectivity index (χ1n) is 7.87. The van der Waals surface area contributed by atoms with Gasteiger partial charge in [-0.2, -0.15) is 0 Å². The Kier molecular flexibility index (Phi) is 6.65. The quantitative estimate of drug-likeness (QED) is 0.943. The van der Waals surface area contributed by atoms with Crippen LogP contribution in [0.4, 0.5) is 0 Å². The van der Waals surface area contributed by atoms with Crippen LogP contribution < -0.4 is 5.73 Å². The van der Waals surface area contributed by atoms with Gasteiger partial charge >= 0.3 is 0 Å². The smallest absolute Gasteiger partial charge is 0.248 e. The molecule has 1 fully saturated rings. The van der Waals surface area contributed by atoms with Crippen molar-refractivity contribution in [2.24, 2.45) is 5.73 Å². The largest absolute Gasteiger partial charge is 0.366 e. The Balaban J connectivity index is 0.000000172. The molecule has 2 aromatic carbocycles. The number of likely N-dealkylation sites (tertiary alicyclic amines) is 1. The van der Waals surface area contributed by atoms with Gasteiger partial charge in [0, 0.05) is 12.1 Å². The molecule has 2 aromatic rings. The fraction of sp³-hybridized carbons (Fsp3) is 0.316. The maximum absolute atomic E-state index is 10.4. The van der Waals surface area contributed by atoms with Crippen molar-refractivity contribution in [3.63, 3.8) is 0 Å². The summed E-state index contributed by atoms with van der Waals surface area (Å²) in [5.74, 6) is -0.379. The number of piperidine rings is 1. The zero-order valence-electron chi connectivity index (χ0n) is 12.9. The van der Waals surface area contributed by atoms with Gasteiger partial charge in [-0.05, 0) is 43.6 Å². The maximum atomic E-state index is 10.4. The number of carbonyl (C=O) groups is 1. The highest BCUT2D eigenvalue weighted by Crippen LogP contribution is 2.12. The van der Waals surface area contributed by atoms with Crippen molar-refractivity contribution < 1.29 is 4.79 Å². The van der Waals surface area contributed by atoms with Crippen LogP contribution in [0.25, 0.3) is 0 Å². The fourth-order valence-electron chi connectivity index (χ4n) is 2.56. The summed E-state index contributed by atoms with van der Waals surface area (Å²) in [4.78, 5) is 13.0. The molecule has 1 aliphatic rings. The molecule has 3 heteroatoms. The summed E-state index contributed by atoms with van der Waals surface area (Å²) in [5, 5.41) is 0. The van der Waals surface area contributed by atoms with Gasteiger partial charge in [0.1, 0.15) is 0 Å². The minimum absolute atomic E-state index is 0.379. The van der Waals surface area contributed by atoms with Gasteiger partial charge in [0.2, 0.25) is 5.91 Å². The van der Waals surface area contributed by atoms with E-state index in [0.717, 1.165) is 6.54 Å². The van der Waals surface area contributed by atoms with Crippen molar-refractivity contribution in [3.05, 3.63) is 71.8 Å². The van der Waals surface area contributed by atoms with Crippen LogP contribution >= 0.6 is 0 Å². The summed E-state index contributed by atoms with van der Waals surface area (Å²) < 4.78 is 0. The van der Waals surface area contributed by atoms with Crippen molar-refractivity contribution >= 4 is 5.91 Å². The number of primary amides is 1. The lowest BCUT2D eigenvalue weighted by Crippen LogP contribution is -2.28. The first-order chi connectivity index (χ1) is 10.8. The molecule has 0 saturated carbocycles. The van der Waals surface area contributed by atoms with Crippen LogP contribution in [-0.2, 0) is 6.54 Å². The Morgan fingerprint density at radius 2 is 1.41 bits per heavy atom. The Morgan fingerprint density at radius 1 is 0.864 bits per heavy atom. The van der Waals surface area contributed by atoms with E-state index >= 15 is 0 Å². The first-order valence-corrected chi connectivity index (χ1v) is 7.87. The summed E-state index contributed by atoms with van der Waals surface area (Å²) in [6, 6.07) is 19.5. The second kappa shape index (κ2) is 9.00. The molecular formula is C19H24N2O. The lowest BCUT2D eigenvalue weighted by molar-refractivity contribution is 0.100. The molecule has 0 atom stereocenters. The standard InChI is InChI=1S/C12H17N.C7H7NO/c1-3-7-12(8-4-1)11-13-9-5-2-6-10-13;8-7(9)6-4-2-1-3-5-6/h1,3-4,7-8H,2,5-6,9-11H2;1-5H,(H2,8,9). The Labute approximate surface area is 132 Å². The van der Waals surface area contributed by atoms with Gasteiger partial charge in [-0.1, -0.05) is 55.0 Å². The van der Waals surface area contributed by atoms with E-state index in [1.54, 1.807) is 24.3 Å². The normalized spacial score (nSPS) is 14.7. The van der Waals surface area contributed by atoms with Crippen LogP contribution in [0.3, 0.4) is 0 Å². The van der Waals surface area contributed by atoms with Crippen LogP contribution in [0.2, 0.25) is 0 Å². The Morgan fingerprint density at radius 3 is 1.91 bits per heavy atom. The third kappa shape index (κ3) is 5.70. The van der Waals surface area contributed by atoms with Gasteiger partial charge in [-0.15, -0.1) is 0 Å². The SMILES string of the molecule is NC(=O)c1ccccc1.c1ccc(CN2CCCCC2)cc1. The molecule has 0 radical (unpaired) electrons. The molecule has 2 N–H and O–H groups in total. The third-order valence-corrected chi connectivity index (χ3v) is 3.76. The molecule has 116 valence electrons. The number of benzene rings is 2. The summed E-state index contributed by atoms with van der Waals surface area (Å²) >= 11 is 0. The van der Waals surface area contributed by atoms with Crippen LogP contribution in [0, 0.1) is 0 Å². The van der Waals surface area contributed by atoms with E-state index in [1.165, 1.54) is 37.9 Å². The van der Waals surface area contributed by atoms with Gasteiger partial charge in [0.05, 0.1) is 0 Å². The van der Waals surface area contributed by atoms with Gasteiger partial charge in [0.15, 0.2) is 0 Å². The van der Waals surface area contributed by atoms with E-state index in [1.807, 2.05) is 6.07 Å². The zero-order valence-corrected chi connectivity index (χ0v) is 12.9. The minimum atomic E-state index is -0.379. The summed E-state index contributed by atoms with van der Waals surface area (Å²) in [6.45, 7) is 3.71. The van der Waals surface area contributed by atoms with Crippen LogP contribution in [0.1, 0.15) is 35.2 Å². The summed E-state index contributed by atoms with van der Waals surface area (Å²) in [5.41, 5.74) is 6.98. The van der Waals surface area contributed by atoms with Crippen molar-refractivity contribution in [1.82, 2.24) is 4.90 Å². The number of rotatable bonds is 3. The Hall–Kier alpha value is -2.13. The molecule has 0 bridgehead atoms. The third-order valence-electron chi connectivity index (χ3n) is 3.76. The average Bonchev–Trinajstić information content (AvgIpc) is 2.58. The molecule has 0 spiro atoms. The Bertz CT molecular complexity index is 548. The van der Waals surface area contributed by atoms with Crippen molar-refractivity contribution in [1.29, 1.82) is 0 Å². The molecule has 22 heavy (non-hydrogen) atoms. The molecule has 0 aliphatic carbocycles. The minimum Gasteiger partial charge on any atom is -0.366 e. The summed E-state index contributed by atoms with van der Waals surface area (Å²) in [6.07, 6.45) is 4.19. The van der Waals surface area contributed by atoms with Crippen LogP contribution in [0.5, 0.6) is 0 Å². The lowest BCUT2D eigenvalue weighted by Gasteiger charge is -2.26. The predicted molar refractivity (Wildman–Crippen MR) is 90.5 cm³/mol. The number of nitrogens with zero attached hydrogens (tertiary/aromatic N) is 1. The maximum Gasteiger partial charge on any atom is 0.248 e. The molecule has 1 amide bonds. The van der Waals surface area contributed by atoms with E-state index < -0.39 is 0 Å². The zero-order chi connectivity index (χ0) is 15.6. The number of nitrogens with two attached hydrogens (primary N) is 1. The molecule has 1 saturated heterocycles. The number of amides is 1. The molecule has 3 nitrogen and oxygen atoms in total. The highest BCUT2D eigenvalue weighted by atomic mass is 16.1. The topological polar surface area (TPSA) is 46.3 Å². The second-order valence-electron chi connectivity index (χ2n) is 5.55. The molecule has 1 heterocycles. The van der Waals surface area contributed by atoms with Crippen LogP contribution in [0.15, 0.2) is 60.7 Å². The van der Waals surface area contributed by atoms with Crippen molar-refractivity contribution in [2.75, 3.05) is 13.1 Å². The number of hydrogen-bond acceptors (Lipinski definition) is 2. The van der Waals surface area contributed by atoms with E-state index in [-0.39, 0.29) is 5.91 Å². The number of hydrogen-bond donors (Lipinski definition) is 1. The molecule has 0 aromatic heterocycles. The van der Waals surface area contributed by atoms with E-state index in [4.69, 9.17) is 5.73 Å². The van der Waals surface area contributed by atoms with Gasteiger partial charge < -0.3 is 5.73 Å². The van der Waals surface area contributed by atoms with Crippen molar-refractivity contribution in [2.45, 2.75) is 25.8 Å². The molecule has 1 aliphatic heterocycles. The lowest BCUT2D eigenvalue weighted by atomic mass is 10.1. The van der Waals surface area contributed by atoms with E-state index in [0.29, 0.717) is 5.56 Å². The predicted octanol–water partition coefficient (Wildman–Crippen LogP) is 3.46. The summed E-state index contributed by atoms with van der Waals surface area (Å²) in [7, 11) is 0. The first kappa shape index (κ1) is 16.2. The monoisotopic (exact) mass is 296 g/mol.